The monoisotopic (exact) mass is 298 g/mol. The maximum atomic E-state index is 12.6. The first-order chi connectivity index (χ1) is 10.4. The molecule has 0 saturated carbocycles. The van der Waals surface area contributed by atoms with E-state index in [1.807, 2.05) is 32.0 Å². The summed E-state index contributed by atoms with van der Waals surface area (Å²) < 4.78 is 5.15. The van der Waals surface area contributed by atoms with Crippen molar-refractivity contribution in [2.24, 2.45) is 0 Å². The molecule has 0 unspecified atom stereocenters. The summed E-state index contributed by atoms with van der Waals surface area (Å²) >= 11 is 0. The Morgan fingerprint density at radius 1 is 1.00 bits per heavy atom. The smallest absolute Gasteiger partial charge is 0.307 e. The molecule has 0 aliphatic carbocycles. The summed E-state index contributed by atoms with van der Waals surface area (Å²) in [6.07, 6.45) is -0.183. The zero-order valence-electron chi connectivity index (χ0n) is 12.8. The highest BCUT2D eigenvalue weighted by Gasteiger charge is 2.14. The van der Waals surface area contributed by atoms with Crippen LogP contribution in [0.2, 0.25) is 0 Å². The molecule has 0 aliphatic rings. The number of carboxylic acid groups (broad SMARTS) is 1. The van der Waals surface area contributed by atoms with Crippen LogP contribution in [0.1, 0.15) is 32.6 Å². The third kappa shape index (κ3) is 3.52. The van der Waals surface area contributed by atoms with Crippen LogP contribution in [0.15, 0.2) is 36.4 Å². The number of carbonyl (C=O) groups excluding carboxylic acids is 1. The number of hydrogen-bond acceptors (Lipinski definition) is 3. The van der Waals surface area contributed by atoms with Crippen LogP contribution in [0.4, 0.5) is 0 Å². The molecule has 0 aliphatic heterocycles. The van der Waals surface area contributed by atoms with Gasteiger partial charge in [0.15, 0.2) is 5.78 Å². The molecule has 114 valence electrons. The Hall–Kier alpha value is -2.62. The minimum Gasteiger partial charge on any atom is -0.496 e. The summed E-state index contributed by atoms with van der Waals surface area (Å²) in [4.78, 5) is 23.5. The summed E-state index contributed by atoms with van der Waals surface area (Å²) in [5.41, 5.74) is 3.58. The first kappa shape index (κ1) is 15.8. The molecular weight excluding hydrogens is 280 g/mol. The fourth-order valence-electron chi connectivity index (χ4n) is 2.49. The van der Waals surface area contributed by atoms with Crippen molar-refractivity contribution in [3.63, 3.8) is 0 Å². The van der Waals surface area contributed by atoms with Crippen LogP contribution in [0, 0.1) is 13.8 Å². The summed E-state index contributed by atoms with van der Waals surface area (Å²) in [5, 5.41) is 8.97. The molecule has 4 heteroatoms. The Kier molecular flexibility index (Phi) is 4.61. The molecule has 2 aromatic carbocycles. The highest BCUT2D eigenvalue weighted by molar-refractivity contribution is 6.09. The van der Waals surface area contributed by atoms with Gasteiger partial charge < -0.3 is 9.84 Å². The van der Waals surface area contributed by atoms with Gasteiger partial charge in [-0.15, -0.1) is 0 Å². The van der Waals surface area contributed by atoms with Gasteiger partial charge >= 0.3 is 5.97 Å². The third-order valence-corrected chi connectivity index (χ3v) is 3.37. The molecule has 2 rings (SSSR count). The van der Waals surface area contributed by atoms with E-state index in [4.69, 9.17) is 9.84 Å². The number of carbonyl (C=O) groups is 2. The molecule has 0 saturated heterocycles. The van der Waals surface area contributed by atoms with Gasteiger partial charge in [0.2, 0.25) is 0 Å². The summed E-state index contributed by atoms with van der Waals surface area (Å²) in [6, 6.07) is 10.5. The molecule has 4 nitrogen and oxygen atoms in total. The van der Waals surface area contributed by atoms with E-state index in [9.17, 15) is 9.59 Å². The summed E-state index contributed by atoms with van der Waals surface area (Å²) in [5.74, 6) is -0.616. The van der Waals surface area contributed by atoms with E-state index in [0.29, 0.717) is 22.4 Å². The second kappa shape index (κ2) is 6.43. The standard InChI is InChI=1S/C18H18O4/c1-11-6-12(2)8-15(7-11)18(21)13-4-5-16(22-3)14(9-13)10-17(19)20/h4-9H,10H2,1-3H3,(H,19,20). The van der Waals surface area contributed by atoms with E-state index in [0.717, 1.165) is 11.1 Å². The second-order valence-electron chi connectivity index (χ2n) is 5.30. The lowest BCUT2D eigenvalue weighted by atomic mass is 9.97. The zero-order valence-corrected chi connectivity index (χ0v) is 12.8. The van der Waals surface area contributed by atoms with E-state index >= 15 is 0 Å². The van der Waals surface area contributed by atoms with Crippen molar-refractivity contribution < 1.29 is 19.4 Å². The lowest BCUT2D eigenvalue weighted by molar-refractivity contribution is -0.136. The van der Waals surface area contributed by atoms with Crippen molar-refractivity contribution in [3.8, 4) is 5.75 Å². The van der Waals surface area contributed by atoms with Crippen molar-refractivity contribution in [1.82, 2.24) is 0 Å². The van der Waals surface area contributed by atoms with Crippen LogP contribution in [0.25, 0.3) is 0 Å². The van der Waals surface area contributed by atoms with Gasteiger partial charge in [-0.3, -0.25) is 9.59 Å². The van der Waals surface area contributed by atoms with Crippen molar-refractivity contribution in [1.29, 1.82) is 0 Å². The molecular formula is C18H18O4. The maximum absolute atomic E-state index is 12.6. The van der Waals surface area contributed by atoms with Crippen LogP contribution in [0.5, 0.6) is 5.75 Å². The molecule has 0 bridgehead atoms. The number of ether oxygens (including phenoxy) is 1. The predicted octanol–water partition coefficient (Wildman–Crippen LogP) is 3.17. The van der Waals surface area contributed by atoms with Crippen LogP contribution in [-0.4, -0.2) is 24.0 Å². The number of carboxylic acids is 1. The minimum absolute atomic E-state index is 0.124. The first-order valence-electron chi connectivity index (χ1n) is 6.92. The van der Waals surface area contributed by atoms with Gasteiger partial charge in [-0.1, -0.05) is 17.2 Å². The van der Waals surface area contributed by atoms with E-state index < -0.39 is 5.97 Å². The first-order valence-corrected chi connectivity index (χ1v) is 6.92. The van der Waals surface area contributed by atoms with E-state index in [2.05, 4.69) is 0 Å². The number of benzene rings is 2. The largest absolute Gasteiger partial charge is 0.496 e. The van der Waals surface area contributed by atoms with Crippen molar-refractivity contribution in [2.45, 2.75) is 20.3 Å². The minimum atomic E-state index is -0.964. The van der Waals surface area contributed by atoms with Gasteiger partial charge in [-0.05, 0) is 44.2 Å². The Balaban J connectivity index is 2.43. The van der Waals surface area contributed by atoms with Crippen molar-refractivity contribution in [3.05, 3.63) is 64.2 Å². The van der Waals surface area contributed by atoms with Crippen molar-refractivity contribution in [2.75, 3.05) is 7.11 Å². The van der Waals surface area contributed by atoms with E-state index in [1.165, 1.54) is 7.11 Å². The molecule has 0 aromatic heterocycles. The van der Waals surface area contributed by atoms with Crippen molar-refractivity contribution >= 4 is 11.8 Å². The predicted molar refractivity (Wildman–Crippen MR) is 83.7 cm³/mol. The number of hydrogen-bond donors (Lipinski definition) is 1. The number of aliphatic carboxylic acids is 1. The Morgan fingerprint density at radius 2 is 1.64 bits per heavy atom. The Labute approximate surface area is 129 Å². The fourth-order valence-corrected chi connectivity index (χ4v) is 2.49. The number of rotatable bonds is 5. The molecule has 22 heavy (non-hydrogen) atoms. The average molecular weight is 298 g/mol. The maximum Gasteiger partial charge on any atom is 0.307 e. The molecule has 0 spiro atoms. The molecule has 0 amide bonds. The van der Waals surface area contributed by atoms with Gasteiger partial charge in [0.05, 0.1) is 13.5 Å². The molecule has 1 N–H and O–H groups in total. The normalized spacial score (nSPS) is 10.3. The zero-order chi connectivity index (χ0) is 16.3. The Bertz CT molecular complexity index is 712. The second-order valence-corrected chi connectivity index (χ2v) is 5.30. The average Bonchev–Trinajstić information content (AvgIpc) is 2.44. The lowest BCUT2D eigenvalue weighted by Gasteiger charge is -2.10. The summed E-state index contributed by atoms with van der Waals surface area (Å²) in [6.45, 7) is 3.88. The van der Waals surface area contributed by atoms with E-state index in [1.54, 1.807) is 18.2 Å². The molecule has 0 heterocycles. The van der Waals surface area contributed by atoms with Crippen LogP contribution in [-0.2, 0) is 11.2 Å². The van der Waals surface area contributed by atoms with Gasteiger partial charge in [0.25, 0.3) is 0 Å². The number of ketones is 1. The fraction of sp³-hybridized carbons (Fsp3) is 0.222. The molecule has 0 radical (unpaired) electrons. The number of aryl methyl sites for hydroxylation is 2. The highest BCUT2D eigenvalue weighted by Crippen LogP contribution is 2.23. The highest BCUT2D eigenvalue weighted by atomic mass is 16.5. The Morgan fingerprint density at radius 3 is 2.18 bits per heavy atom. The van der Waals surface area contributed by atoms with Gasteiger partial charge in [-0.25, -0.2) is 0 Å². The molecule has 0 fully saturated rings. The topological polar surface area (TPSA) is 63.6 Å². The molecule has 0 atom stereocenters. The van der Waals surface area contributed by atoms with Crippen LogP contribution < -0.4 is 4.74 Å². The van der Waals surface area contributed by atoms with Gasteiger partial charge in [0, 0.05) is 16.7 Å². The van der Waals surface area contributed by atoms with Crippen LogP contribution in [0.3, 0.4) is 0 Å². The SMILES string of the molecule is COc1ccc(C(=O)c2cc(C)cc(C)c2)cc1CC(=O)O. The van der Waals surface area contributed by atoms with Crippen LogP contribution >= 0.6 is 0 Å². The lowest BCUT2D eigenvalue weighted by Crippen LogP contribution is -2.07. The quantitative estimate of drug-likeness (QED) is 0.861. The summed E-state index contributed by atoms with van der Waals surface area (Å²) in [7, 11) is 1.48. The number of methoxy groups -OCH3 is 1. The molecule has 2 aromatic rings. The third-order valence-electron chi connectivity index (χ3n) is 3.37. The van der Waals surface area contributed by atoms with Gasteiger partial charge in [-0.2, -0.15) is 0 Å². The van der Waals surface area contributed by atoms with E-state index in [-0.39, 0.29) is 12.2 Å². The van der Waals surface area contributed by atoms with Gasteiger partial charge in [0.1, 0.15) is 5.75 Å².